The van der Waals surface area contributed by atoms with Gasteiger partial charge in [-0.1, -0.05) is 6.92 Å². The number of carbonyl (C=O) groups excluding carboxylic acids is 1. The number of methoxy groups -OCH3 is 1. The summed E-state index contributed by atoms with van der Waals surface area (Å²) in [6.45, 7) is 3.89. The number of rotatable bonds is 4. The van der Waals surface area contributed by atoms with Crippen LogP contribution in [0.2, 0.25) is 0 Å². The molecule has 0 aromatic heterocycles. The third kappa shape index (κ3) is 1.97. The monoisotopic (exact) mass is 171 g/mol. The van der Waals surface area contributed by atoms with Crippen LogP contribution in [0.15, 0.2) is 0 Å². The predicted octanol–water partition coefficient (Wildman–Crippen LogP) is 1.08. The summed E-state index contributed by atoms with van der Waals surface area (Å²) < 4.78 is 4.73. The summed E-state index contributed by atoms with van der Waals surface area (Å²) >= 11 is 0. The first-order valence-corrected chi connectivity index (χ1v) is 4.48. The Kier molecular flexibility index (Phi) is 2.73. The van der Waals surface area contributed by atoms with Crippen molar-refractivity contribution in [2.75, 3.05) is 7.11 Å². The van der Waals surface area contributed by atoms with Crippen LogP contribution in [0.1, 0.15) is 33.1 Å². The molecule has 70 valence electrons. The molecule has 1 rings (SSSR count). The predicted molar refractivity (Wildman–Crippen MR) is 46.9 cm³/mol. The molecule has 0 radical (unpaired) electrons. The molecule has 1 N–H and O–H groups in total. The molecule has 1 unspecified atom stereocenters. The lowest BCUT2D eigenvalue weighted by molar-refractivity contribution is -0.148. The van der Waals surface area contributed by atoms with Crippen LogP contribution >= 0.6 is 0 Å². The second kappa shape index (κ2) is 3.44. The summed E-state index contributed by atoms with van der Waals surface area (Å²) in [7, 11) is 1.44. The van der Waals surface area contributed by atoms with Gasteiger partial charge in [0.15, 0.2) is 0 Å². The summed E-state index contributed by atoms with van der Waals surface area (Å²) in [6, 6.07) is 0.536. The topological polar surface area (TPSA) is 38.3 Å². The molecule has 1 fully saturated rings. The molecule has 0 saturated heterocycles. The third-order valence-corrected chi connectivity index (χ3v) is 2.44. The number of ether oxygens (including phenoxy) is 1. The van der Waals surface area contributed by atoms with E-state index in [0.29, 0.717) is 6.04 Å². The number of carbonyl (C=O) groups is 1. The number of hydrogen-bond acceptors (Lipinski definition) is 3. The van der Waals surface area contributed by atoms with E-state index >= 15 is 0 Å². The molecule has 0 bridgehead atoms. The maximum atomic E-state index is 11.3. The van der Waals surface area contributed by atoms with Crippen molar-refractivity contribution in [3.63, 3.8) is 0 Å². The van der Waals surface area contributed by atoms with Crippen molar-refractivity contribution in [2.45, 2.75) is 44.7 Å². The molecule has 0 aliphatic heterocycles. The lowest BCUT2D eigenvalue weighted by atomic mass is 9.99. The minimum atomic E-state index is -0.476. The molecule has 0 aromatic rings. The van der Waals surface area contributed by atoms with Gasteiger partial charge in [0.05, 0.1) is 7.11 Å². The van der Waals surface area contributed by atoms with Gasteiger partial charge in [-0.05, 0) is 26.2 Å². The molecule has 12 heavy (non-hydrogen) atoms. The minimum absolute atomic E-state index is 0.156. The van der Waals surface area contributed by atoms with Gasteiger partial charge in [-0.3, -0.25) is 10.1 Å². The zero-order valence-electron chi connectivity index (χ0n) is 8.02. The molecule has 1 atom stereocenters. The van der Waals surface area contributed by atoms with Crippen LogP contribution in [0.5, 0.6) is 0 Å². The number of nitrogens with one attached hydrogen (secondary N) is 1. The van der Waals surface area contributed by atoms with Crippen molar-refractivity contribution in [3.8, 4) is 0 Å². The highest BCUT2D eigenvalue weighted by Crippen LogP contribution is 2.24. The van der Waals surface area contributed by atoms with Gasteiger partial charge < -0.3 is 4.74 Å². The molecule has 1 aliphatic carbocycles. The Balaban J connectivity index is 2.52. The first kappa shape index (κ1) is 9.52. The van der Waals surface area contributed by atoms with E-state index < -0.39 is 5.54 Å². The summed E-state index contributed by atoms with van der Waals surface area (Å²) in [5, 5.41) is 3.29. The first-order chi connectivity index (χ1) is 5.62. The first-order valence-electron chi connectivity index (χ1n) is 4.48. The summed E-state index contributed by atoms with van der Waals surface area (Å²) in [5.74, 6) is -0.156. The minimum Gasteiger partial charge on any atom is -0.468 e. The van der Waals surface area contributed by atoms with Crippen LogP contribution in [-0.2, 0) is 9.53 Å². The van der Waals surface area contributed by atoms with Gasteiger partial charge in [0.1, 0.15) is 5.54 Å². The summed E-state index contributed by atoms with van der Waals surface area (Å²) in [5.41, 5.74) is -0.476. The van der Waals surface area contributed by atoms with E-state index in [0.717, 1.165) is 6.42 Å². The van der Waals surface area contributed by atoms with E-state index in [1.54, 1.807) is 0 Å². The quantitative estimate of drug-likeness (QED) is 0.643. The average Bonchev–Trinajstić information content (AvgIpc) is 2.86. The molecule has 1 aliphatic rings. The second-order valence-corrected chi connectivity index (χ2v) is 3.60. The van der Waals surface area contributed by atoms with Crippen LogP contribution in [0.25, 0.3) is 0 Å². The fourth-order valence-electron chi connectivity index (χ4n) is 1.21. The molecule has 3 nitrogen and oxygen atoms in total. The molecular weight excluding hydrogens is 154 g/mol. The van der Waals surface area contributed by atoms with Gasteiger partial charge in [0.2, 0.25) is 0 Å². The Hall–Kier alpha value is -0.570. The summed E-state index contributed by atoms with van der Waals surface area (Å²) in [6.07, 6.45) is 3.15. The normalized spacial score (nSPS) is 21.6. The average molecular weight is 171 g/mol. The van der Waals surface area contributed by atoms with Gasteiger partial charge in [-0.2, -0.15) is 0 Å². The lowest BCUT2D eigenvalue weighted by Gasteiger charge is -2.26. The molecular formula is C9H17NO2. The van der Waals surface area contributed by atoms with Crippen LogP contribution < -0.4 is 5.32 Å². The molecule has 0 amide bonds. The fourth-order valence-corrected chi connectivity index (χ4v) is 1.21. The highest BCUT2D eigenvalue weighted by Gasteiger charge is 2.37. The van der Waals surface area contributed by atoms with Crippen molar-refractivity contribution in [1.82, 2.24) is 5.32 Å². The van der Waals surface area contributed by atoms with Crippen molar-refractivity contribution < 1.29 is 9.53 Å². The zero-order chi connectivity index (χ0) is 9.19. The van der Waals surface area contributed by atoms with E-state index in [9.17, 15) is 4.79 Å². The largest absolute Gasteiger partial charge is 0.468 e. The molecule has 0 spiro atoms. The van der Waals surface area contributed by atoms with Crippen molar-refractivity contribution in [3.05, 3.63) is 0 Å². The highest BCUT2D eigenvalue weighted by atomic mass is 16.5. The molecule has 0 aromatic carbocycles. The van der Waals surface area contributed by atoms with Crippen LogP contribution in [0.3, 0.4) is 0 Å². The zero-order valence-corrected chi connectivity index (χ0v) is 8.02. The highest BCUT2D eigenvalue weighted by molar-refractivity contribution is 5.80. The second-order valence-electron chi connectivity index (χ2n) is 3.60. The Morgan fingerprint density at radius 3 is 2.58 bits per heavy atom. The van der Waals surface area contributed by atoms with E-state index in [-0.39, 0.29) is 5.97 Å². The Labute approximate surface area is 73.5 Å². The smallest absolute Gasteiger partial charge is 0.325 e. The Morgan fingerprint density at radius 2 is 2.25 bits per heavy atom. The SMILES string of the molecule is CCC(C)(NC1CC1)C(=O)OC. The van der Waals surface area contributed by atoms with Gasteiger partial charge in [0.25, 0.3) is 0 Å². The van der Waals surface area contributed by atoms with Crippen LogP contribution in [0.4, 0.5) is 0 Å². The molecule has 1 saturated carbocycles. The van der Waals surface area contributed by atoms with E-state index in [2.05, 4.69) is 5.32 Å². The Bertz CT molecular complexity index is 177. The van der Waals surface area contributed by atoms with E-state index in [1.165, 1.54) is 20.0 Å². The van der Waals surface area contributed by atoms with Crippen LogP contribution in [0, 0.1) is 0 Å². The molecule has 0 heterocycles. The maximum absolute atomic E-state index is 11.3. The van der Waals surface area contributed by atoms with Crippen molar-refractivity contribution in [2.24, 2.45) is 0 Å². The number of esters is 1. The Morgan fingerprint density at radius 1 is 1.67 bits per heavy atom. The summed E-state index contributed by atoms with van der Waals surface area (Å²) in [4.78, 5) is 11.3. The van der Waals surface area contributed by atoms with E-state index in [4.69, 9.17) is 4.74 Å². The third-order valence-electron chi connectivity index (χ3n) is 2.44. The standard InChI is InChI=1S/C9H17NO2/c1-4-9(2,8(11)12-3)10-7-5-6-7/h7,10H,4-6H2,1-3H3. The van der Waals surface area contributed by atoms with Gasteiger partial charge >= 0.3 is 5.97 Å². The van der Waals surface area contributed by atoms with E-state index in [1.807, 2.05) is 13.8 Å². The lowest BCUT2D eigenvalue weighted by Crippen LogP contribution is -2.50. The van der Waals surface area contributed by atoms with Crippen molar-refractivity contribution in [1.29, 1.82) is 0 Å². The van der Waals surface area contributed by atoms with Crippen molar-refractivity contribution >= 4 is 5.97 Å². The molecule has 3 heteroatoms. The van der Waals surface area contributed by atoms with Gasteiger partial charge in [0, 0.05) is 6.04 Å². The maximum Gasteiger partial charge on any atom is 0.325 e. The fraction of sp³-hybridized carbons (Fsp3) is 0.889. The van der Waals surface area contributed by atoms with Crippen LogP contribution in [-0.4, -0.2) is 24.7 Å². The van der Waals surface area contributed by atoms with Gasteiger partial charge in [-0.25, -0.2) is 0 Å². The van der Waals surface area contributed by atoms with Gasteiger partial charge in [-0.15, -0.1) is 0 Å². The number of hydrogen-bond donors (Lipinski definition) is 1.